The number of benzene rings is 2. The zero-order chi connectivity index (χ0) is 19.6. The van der Waals surface area contributed by atoms with Gasteiger partial charge in [-0.2, -0.15) is 0 Å². The maximum atomic E-state index is 12.1. The van der Waals surface area contributed by atoms with E-state index < -0.39 is 12.0 Å². The van der Waals surface area contributed by atoms with E-state index in [1.54, 1.807) is 31.4 Å². The minimum atomic E-state index is -1.08. The number of carboxylic acid groups (broad SMARTS) is 1. The number of methoxy groups -OCH3 is 1. The number of ketones is 1. The van der Waals surface area contributed by atoms with Gasteiger partial charge in [-0.15, -0.1) is 0 Å². The molecule has 0 aliphatic carbocycles. The highest BCUT2D eigenvalue weighted by atomic mass is 16.5. The van der Waals surface area contributed by atoms with Gasteiger partial charge < -0.3 is 15.2 Å². The first kappa shape index (κ1) is 20.2. The minimum absolute atomic E-state index is 0.0653. The summed E-state index contributed by atoms with van der Waals surface area (Å²) in [7, 11) is 1.55. The van der Waals surface area contributed by atoms with Gasteiger partial charge in [-0.25, -0.2) is 4.79 Å². The second-order valence-corrected chi connectivity index (χ2v) is 6.15. The Hall–Kier alpha value is -3.15. The molecule has 0 aromatic heterocycles. The number of rotatable bonds is 10. The summed E-state index contributed by atoms with van der Waals surface area (Å²) in [5.41, 5.74) is 1.39. The molecule has 0 aliphatic heterocycles. The number of amides is 1. The summed E-state index contributed by atoms with van der Waals surface area (Å²) in [5.74, 6) is -0.851. The summed E-state index contributed by atoms with van der Waals surface area (Å²) < 4.78 is 5.05. The summed E-state index contributed by atoms with van der Waals surface area (Å²) >= 11 is 0. The number of aliphatic carboxylic acids is 1. The summed E-state index contributed by atoms with van der Waals surface area (Å²) in [6.45, 7) is 0. The van der Waals surface area contributed by atoms with Gasteiger partial charge in [-0.05, 0) is 36.2 Å². The number of ether oxygens (including phenoxy) is 1. The molecule has 27 heavy (non-hydrogen) atoms. The first-order valence-electron chi connectivity index (χ1n) is 8.73. The van der Waals surface area contributed by atoms with Crippen molar-refractivity contribution in [2.45, 2.75) is 31.7 Å². The second kappa shape index (κ2) is 10.1. The molecule has 2 N–H and O–H groups in total. The van der Waals surface area contributed by atoms with Gasteiger partial charge in [0.2, 0.25) is 5.91 Å². The number of carbonyl (C=O) groups is 3. The van der Waals surface area contributed by atoms with Crippen molar-refractivity contribution in [3.8, 4) is 5.75 Å². The Morgan fingerprint density at radius 3 is 2.26 bits per heavy atom. The summed E-state index contributed by atoms with van der Waals surface area (Å²) in [5, 5.41) is 11.8. The maximum absolute atomic E-state index is 12.1. The van der Waals surface area contributed by atoms with Crippen LogP contribution in [0, 0.1) is 0 Å². The van der Waals surface area contributed by atoms with Gasteiger partial charge in [0.1, 0.15) is 11.8 Å². The van der Waals surface area contributed by atoms with Crippen LogP contribution in [0.15, 0.2) is 54.6 Å². The molecule has 0 aliphatic rings. The Morgan fingerprint density at radius 2 is 1.67 bits per heavy atom. The highest BCUT2D eigenvalue weighted by Gasteiger charge is 2.20. The molecule has 0 saturated carbocycles. The van der Waals surface area contributed by atoms with Gasteiger partial charge in [-0.3, -0.25) is 9.59 Å². The van der Waals surface area contributed by atoms with Crippen LogP contribution in [-0.4, -0.2) is 35.9 Å². The molecular formula is C21H23NO5. The lowest BCUT2D eigenvalue weighted by atomic mass is 10.0. The third-order valence-corrected chi connectivity index (χ3v) is 4.14. The highest BCUT2D eigenvalue weighted by molar-refractivity contribution is 5.96. The van der Waals surface area contributed by atoms with Crippen LogP contribution in [0.5, 0.6) is 5.75 Å². The quantitative estimate of drug-likeness (QED) is 0.628. The molecule has 0 heterocycles. The molecule has 2 rings (SSSR count). The van der Waals surface area contributed by atoms with Crippen molar-refractivity contribution in [2.24, 2.45) is 0 Å². The van der Waals surface area contributed by atoms with Crippen LogP contribution in [0.1, 0.15) is 35.2 Å². The average molecular weight is 369 g/mol. The lowest BCUT2D eigenvalue weighted by molar-refractivity contribution is -0.141. The molecule has 2 aromatic carbocycles. The van der Waals surface area contributed by atoms with Crippen LogP contribution >= 0.6 is 0 Å². The van der Waals surface area contributed by atoms with Crippen molar-refractivity contribution in [3.63, 3.8) is 0 Å². The van der Waals surface area contributed by atoms with E-state index in [0.29, 0.717) is 17.7 Å². The maximum Gasteiger partial charge on any atom is 0.326 e. The Bertz CT molecular complexity index is 771. The topological polar surface area (TPSA) is 92.7 Å². The lowest BCUT2D eigenvalue weighted by Gasteiger charge is -2.14. The Balaban J connectivity index is 1.79. The summed E-state index contributed by atoms with van der Waals surface area (Å²) in [4.78, 5) is 35.6. The van der Waals surface area contributed by atoms with Gasteiger partial charge in [0.05, 0.1) is 7.11 Å². The number of nitrogens with one attached hydrogen (secondary N) is 1. The molecule has 1 atom stereocenters. The SMILES string of the molecule is COc1ccc(C(=O)CCCC(=O)NC(Cc2ccccc2)C(=O)O)cc1. The van der Waals surface area contributed by atoms with Crippen molar-refractivity contribution >= 4 is 17.7 Å². The average Bonchev–Trinajstić information content (AvgIpc) is 2.68. The van der Waals surface area contributed by atoms with E-state index in [0.717, 1.165) is 5.56 Å². The van der Waals surface area contributed by atoms with Crippen LogP contribution < -0.4 is 10.1 Å². The Labute approximate surface area is 158 Å². The number of hydrogen-bond acceptors (Lipinski definition) is 4. The Kier molecular flexibility index (Phi) is 7.55. The highest BCUT2D eigenvalue weighted by Crippen LogP contribution is 2.14. The van der Waals surface area contributed by atoms with Crippen LogP contribution in [-0.2, 0) is 16.0 Å². The second-order valence-electron chi connectivity index (χ2n) is 6.15. The van der Waals surface area contributed by atoms with Gasteiger partial charge in [0, 0.05) is 24.8 Å². The largest absolute Gasteiger partial charge is 0.497 e. The molecule has 0 spiro atoms. The van der Waals surface area contributed by atoms with Gasteiger partial charge in [0.25, 0.3) is 0 Å². The van der Waals surface area contributed by atoms with Crippen molar-refractivity contribution in [1.82, 2.24) is 5.32 Å². The van der Waals surface area contributed by atoms with Crippen LogP contribution in [0.3, 0.4) is 0 Å². The van der Waals surface area contributed by atoms with Gasteiger partial charge >= 0.3 is 5.97 Å². The van der Waals surface area contributed by atoms with E-state index in [9.17, 15) is 19.5 Å². The molecule has 2 aromatic rings. The van der Waals surface area contributed by atoms with E-state index in [4.69, 9.17) is 4.74 Å². The molecule has 142 valence electrons. The molecule has 6 nitrogen and oxygen atoms in total. The minimum Gasteiger partial charge on any atom is -0.497 e. The molecule has 0 radical (unpaired) electrons. The predicted octanol–water partition coefficient (Wildman–Crippen LogP) is 2.86. The van der Waals surface area contributed by atoms with E-state index in [1.807, 2.05) is 30.3 Å². The molecule has 1 amide bonds. The van der Waals surface area contributed by atoms with E-state index in [-0.39, 0.29) is 31.0 Å². The fourth-order valence-electron chi connectivity index (χ4n) is 2.65. The molecule has 0 saturated heterocycles. The molecular weight excluding hydrogens is 346 g/mol. The first-order chi connectivity index (χ1) is 13.0. The monoisotopic (exact) mass is 369 g/mol. The fourth-order valence-corrected chi connectivity index (χ4v) is 2.65. The van der Waals surface area contributed by atoms with Crippen molar-refractivity contribution in [3.05, 3.63) is 65.7 Å². The number of Topliss-reactive ketones (excluding diaryl/α,β-unsaturated/α-hetero) is 1. The third-order valence-electron chi connectivity index (χ3n) is 4.14. The van der Waals surface area contributed by atoms with E-state index >= 15 is 0 Å². The number of carboxylic acids is 1. The van der Waals surface area contributed by atoms with E-state index in [1.165, 1.54) is 0 Å². The summed E-state index contributed by atoms with van der Waals surface area (Å²) in [6.07, 6.45) is 0.887. The zero-order valence-corrected chi connectivity index (χ0v) is 15.2. The summed E-state index contributed by atoms with van der Waals surface area (Å²) in [6, 6.07) is 14.9. The molecule has 1 unspecified atom stereocenters. The molecule has 6 heteroatoms. The van der Waals surface area contributed by atoms with Crippen molar-refractivity contribution < 1.29 is 24.2 Å². The predicted molar refractivity (Wildman–Crippen MR) is 101 cm³/mol. The smallest absolute Gasteiger partial charge is 0.326 e. The van der Waals surface area contributed by atoms with Crippen molar-refractivity contribution in [1.29, 1.82) is 0 Å². The van der Waals surface area contributed by atoms with Crippen LogP contribution in [0.2, 0.25) is 0 Å². The molecule has 0 fully saturated rings. The zero-order valence-electron chi connectivity index (χ0n) is 15.2. The van der Waals surface area contributed by atoms with Crippen LogP contribution in [0.25, 0.3) is 0 Å². The Morgan fingerprint density at radius 1 is 1.00 bits per heavy atom. The van der Waals surface area contributed by atoms with Gasteiger partial charge in [-0.1, -0.05) is 30.3 Å². The van der Waals surface area contributed by atoms with Crippen LogP contribution in [0.4, 0.5) is 0 Å². The third kappa shape index (κ3) is 6.58. The standard InChI is InChI=1S/C21H23NO5/c1-27-17-12-10-16(11-13-17)19(23)8-5-9-20(24)22-18(21(25)26)14-15-6-3-2-4-7-15/h2-4,6-7,10-13,18H,5,8-9,14H2,1H3,(H,22,24)(H,25,26). The fraction of sp³-hybridized carbons (Fsp3) is 0.286. The van der Waals surface area contributed by atoms with E-state index in [2.05, 4.69) is 5.32 Å². The normalized spacial score (nSPS) is 11.4. The van der Waals surface area contributed by atoms with Gasteiger partial charge in [0.15, 0.2) is 5.78 Å². The lowest BCUT2D eigenvalue weighted by Crippen LogP contribution is -2.42. The number of carbonyl (C=O) groups excluding carboxylic acids is 2. The number of hydrogen-bond donors (Lipinski definition) is 2. The molecule has 0 bridgehead atoms. The first-order valence-corrected chi connectivity index (χ1v) is 8.73. The van der Waals surface area contributed by atoms with Crippen molar-refractivity contribution in [2.75, 3.05) is 7.11 Å².